The predicted octanol–water partition coefficient (Wildman–Crippen LogP) is 0.408. The lowest BCUT2D eigenvalue weighted by Gasteiger charge is -2.25. The molecule has 0 saturated carbocycles. The maximum atomic E-state index is 10.6. The third-order valence-electron chi connectivity index (χ3n) is 1.45. The molecule has 0 aromatic heterocycles. The summed E-state index contributed by atoms with van der Waals surface area (Å²) >= 11 is 0. The van der Waals surface area contributed by atoms with E-state index < -0.39 is 13.3 Å². The van der Waals surface area contributed by atoms with Crippen LogP contribution in [0.1, 0.15) is 5.56 Å². The van der Waals surface area contributed by atoms with Crippen molar-refractivity contribution in [2.45, 2.75) is 6.92 Å². The molecular weight excluding hydrogens is 207 g/mol. The van der Waals surface area contributed by atoms with Crippen molar-refractivity contribution in [2.75, 3.05) is 0 Å². The first-order valence-electron chi connectivity index (χ1n) is 3.71. The molecule has 6 heteroatoms. The van der Waals surface area contributed by atoms with Crippen LogP contribution in [0.25, 0.3) is 0 Å². The molecule has 0 unspecified atom stereocenters. The Bertz CT molecular complexity index is 377. The highest BCUT2D eigenvalue weighted by Gasteiger charge is 2.08. The monoisotopic (exact) mass is 214 g/mol. The van der Waals surface area contributed by atoms with Crippen LogP contribution >= 0.6 is 7.60 Å². The number of hydrogen-bond donors (Lipinski definition) is 0. The van der Waals surface area contributed by atoms with Gasteiger partial charge in [-0.1, -0.05) is 17.7 Å². The Morgan fingerprint density at radius 2 is 1.79 bits per heavy atom. The van der Waals surface area contributed by atoms with E-state index >= 15 is 0 Å². The lowest BCUT2D eigenvalue weighted by atomic mass is 10.2. The summed E-state index contributed by atoms with van der Waals surface area (Å²) in [7, 11) is -5.30. The molecule has 0 saturated heterocycles. The van der Waals surface area contributed by atoms with Crippen LogP contribution in [0.15, 0.2) is 24.3 Å². The molecule has 0 N–H and O–H groups in total. The average Bonchev–Trinajstić information content (AvgIpc) is 2.07. The molecule has 0 bridgehead atoms. The number of hydrogen-bond acceptors (Lipinski definition) is 5. The largest absolute Gasteiger partial charge is 0.803 e. The van der Waals surface area contributed by atoms with E-state index in [-0.39, 0.29) is 5.75 Å². The second-order valence-corrected chi connectivity index (χ2v) is 4.04. The minimum Gasteiger partial charge on any atom is -0.803 e. The summed E-state index contributed by atoms with van der Waals surface area (Å²) in [4.78, 5) is 31.0. The van der Waals surface area contributed by atoms with Crippen molar-refractivity contribution in [2.24, 2.45) is 0 Å². The lowest BCUT2D eigenvalue weighted by Crippen LogP contribution is -2.24. The molecule has 0 atom stereocenters. The van der Waals surface area contributed by atoms with Crippen molar-refractivity contribution < 1.29 is 23.9 Å². The summed E-state index contributed by atoms with van der Waals surface area (Å²) in [5.74, 6) is 0.0347. The van der Waals surface area contributed by atoms with Crippen molar-refractivity contribution in [3.8, 4) is 5.75 Å². The summed E-state index contributed by atoms with van der Waals surface area (Å²) in [6.45, 7) is 1.82. The minimum absolute atomic E-state index is 0.0347. The molecule has 0 heterocycles. The van der Waals surface area contributed by atoms with Crippen LogP contribution in [0, 0.1) is 6.92 Å². The number of carbonyl (C=O) groups is 1. The van der Waals surface area contributed by atoms with Gasteiger partial charge in [0, 0.05) is 7.60 Å². The third kappa shape index (κ3) is 2.96. The van der Waals surface area contributed by atoms with Crippen LogP contribution in [0.4, 0.5) is 4.79 Å². The fraction of sp³-hybridized carbons (Fsp3) is 0.125. The Hall–Kier alpha value is -1.16. The molecule has 0 aliphatic rings. The maximum Gasteiger partial charge on any atom is 0.339 e. The van der Waals surface area contributed by atoms with Gasteiger partial charge in [-0.15, -0.1) is 0 Å². The predicted molar refractivity (Wildman–Crippen MR) is 44.8 cm³/mol. The maximum absolute atomic E-state index is 10.6. The molecule has 0 amide bonds. The molecule has 76 valence electrons. The Labute approximate surface area is 80.5 Å². The molecule has 1 aromatic rings. The summed E-state index contributed by atoms with van der Waals surface area (Å²) in [6.07, 6.45) is 0. The van der Waals surface area contributed by atoms with Gasteiger partial charge < -0.3 is 19.1 Å². The standard InChI is InChI=1S/C8H9O5P/c1-6-2-4-7(5-3-6)13-8(9)14(10,11)12/h2-5H,1H3,(H2,10,11,12)/p-2. The van der Waals surface area contributed by atoms with Gasteiger partial charge in [0.1, 0.15) is 5.75 Å². The second kappa shape index (κ2) is 3.92. The van der Waals surface area contributed by atoms with Gasteiger partial charge in [0.2, 0.25) is 0 Å². The van der Waals surface area contributed by atoms with Gasteiger partial charge in [0.25, 0.3) is 0 Å². The Kier molecular flexibility index (Phi) is 3.06. The van der Waals surface area contributed by atoms with Gasteiger partial charge >= 0.3 is 5.71 Å². The zero-order valence-corrected chi connectivity index (χ0v) is 8.19. The molecule has 0 spiro atoms. The van der Waals surface area contributed by atoms with Crippen molar-refractivity contribution in [3.63, 3.8) is 0 Å². The van der Waals surface area contributed by atoms with Crippen LogP contribution in [-0.4, -0.2) is 5.71 Å². The van der Waals surface area contributed by atoms with Crippen LogP contribution in [0.5, 0.6) is 5.75 Å². The van der Waals surface area contributed by atoms with Crippen molar-refractivity contribution >= 4 is 13.3 Å². The Morgan fingerprint density at radius 3 is 2.21 bits per heavy atom. The summed E-state index contributed by atoms with van der Waals surface area (Å²) < 4.78 is 14.5. The highest BCUT2D eigenvalue weighted by molar-refractivity contribution is 7.67. The number of benzene rings is 1. The minimum atomic E-state index is -5.30. The van der Waals surface area contributed by atoms with E-state index in [1.54, 1.807) is 12.1 Å². The van der Waals surface area contributed by atoms with Gasteiger partial charge in [0.05, 0.1) is 0 Å². The highest BCUT2D eigenvalue weighted by Crippen LogP contribution is 2.27. The van der Waals surface area contributed by atoms with Crippen molar-refractivity contribution in [3.05, 3.63) is 29.8 Å². The summed E-state index contributed by atoms with van der Waals surface area (Å²) in [5.41, 5.74) is -0.835. The van der Waals surface area contributed by atoms with Gasteiger partial charge in [-0.2, -0.15) is 0 Å². The summed E-state index contributed by atoms with van der Waals surface area (Å²) in [6, 6.07) is 6.07. The van der Waals surface area contributed by atoms with Crippen LogP contribution < -0.4 is 14.5 Å². The van der Waals surface area contributed by atoms with Crippen LogP contribution in [0.3, 0.4) is 0 Å². The second-order valence-electron chi connectivity index (χ2n) is 2.68. The molecule has 1 rings (SSSR count). The van der Waals surface area contributed by atoms with E-state index in [0.29, 0.717) is 0 Å². The molecule has 1 aromatic carbocycles. The van der Waals surface area contributed by atoms with Gasteiger partial charge in [0.15, 0.2) is 0 Å². The van der Waals surface area contributed by atoms with Gasteiger partial charge in [-0.25, -0.2) is 4.79 Å². The number of rotatable bonds is 2. The summed E-state index contributed by atoms with van der Waals surface area (Å²) in [5, 5.41) is 0. The van der Waals surface area contributed by atoms with E-state index in [2.05, 4.69) is 4.74 Å². The smallest absolute Gasteiger partial charge is 0.339 e. The van der Waals surface area contributed by atoms with E-state index in [4.69, 9.17) is 0 Å². The molecule has 0 aliphatic heterocycles. The zero-order valence-electron chi connectivity index (χ0n) is 7.30. The molecule has 0 radical (unpaired) electrons. The molecule has 0 aliphatic carbocycles. The first-order chi connectivity index (χ1) is 6.39. The lowest BCUT2D eigenvalue weighted by molar-refractivity contribution is -0.308. The van der Waals surface area contributed by atoms with Gasteiger partial charge in [-0.3, -0.25) is 0 Å². The van der Waals surface area contributed by atoms with Crippen LogP contribution in [-0.2, 0) is 4.57 Å². The quantitative estimate of drug-likeness (QED) is 0.665. The molecule has 0 fully saturated rings. The fourth-order valence-electron chi connectivity index (χ4n) is 0.763. The Morgan fingerprint density at radius 1 is 1.29 bits per heavy atom. The first kappa shape index (κ1) is 10.9. The number of aryl methyl sites for hydroxylation is 1. The topological polar surface area (TPSA) is 89.5 Å². The van der Waals surface area contributed by atoms with E-state index in [1.807, 2.05) is 6.92 Å². The molecular formula is C8H7O5P-2. The van der Waals surface area contributed by atoms with Crippen molar-refractivity contribution in [1.29, 1.82) is 0 Å². The van der Waals surface area contributed by atoms with E-state index in [1.165, 1.54) is 12.1 Å². The fourth-order valence-corrected chi connectivity index (χ4v) is 0.980. The third-order valence-corrected chi connectivity index (χ3v) is 1.99. The zero-order chi connectivity index (χ0) is 10.8. The number of ether oxygens (including phenoxy) is 1. The van der Waals surface area contributed by atoms with Crippen molar-refractivity contribution in [1.82, 2.24) is 0 Å². The normalized spacial score (nSPS) is 11.1. The van der Waals surface area contributed by atoms with Gasteiger partial charge in [-0.05, 0) is 19.1 Å². The van der Waals surface area contributed by atoms with E-state index in [0.717, 1.165) is 5.56 Å². The highest BCUT2D eigenvalue weighted by atomic mass is 31.2. The average molecular weight is 214 g/mol. The molecule has 5 nitrogen and oxygen atoms in total. The van der Waals surface area contributed by atoms with Crippen LogP contribution in [0.2, 0.25) is 0 Å². The SMILES string of the molecule is Cc1ccc(OC(=O)P(=O)([O-])[O-])cc1. The van der Waals surface area contributed by atoms with E-state index in [9.17, 15) is 19.1 Å². The first-order valence-corrected chi connectivity index (χ1v) is 5.25. The molecule has 14 heavy (non-hydrogen) atoms. The number of carbonyl (C=O) groups excluding carboxylic acids is 1. The Balaban J connectivity index is 2.76.